The maximum absolute atomic E-state index is 10.5. The van der Waals surface area contributed by atoms with Crippen LogP contribution in [0, 0.1) is 11.8 Å². The molecule has 0 aliphatic carbocycles. The van der Waals surface area contributed by atoms with Crippen LogP contribution in [-0.4, -0.2) is 11.0 Å². The highest BCUT2D eigenvalue weighted by molar-refractivity contribution is 5.92. The third-order valence-electron chi connectivity index (χ3n) is 2.42. The lowest BCUT2D eigenvalue weighted by Crippen LogP contribution is -2.06. The summed E-state index contributed by atoms with van der Waals surface area (Å²) in [6.07, 6.45) is 0. The van der Waals surface area contributed by atoms with Gasteiger partial charge in [0.05, 0.1) is 0 Å². The maximum Gasteiger partial charge on any atom is 0.293 e. The highest BCUT2D eigenvalue weighted by Crippen LogP contribution is 2.21. The number of hydrogen-bond donors (Lipinski definition) is 2. The van der Waals surface area contributed by atoms with Crippen LogP contribution >= 0.6 is 0 Å². The van der Waals surface area contributed by atoms with Crippen molar-refractivity contribution in [3.05, 3.63) is 54.1 Å². The fourth-order valence-electron chi connectivity index (χ4n) is 1.53. The first kappa shape index (κ1) is 11.7. The Bertz CT molecular complexity index is 616. The first-order valence-corrected chi connectivity index (χ1v) is 5.36. The maximum atomic E-state index is 10.5. The van der Waals surface area contributed by atoms with Crippen LogP contribution in [0.4, 0.5) is 0 Å². The van der Waals surface area contributed by atoms with E-state index >= 15 is 0 Å². The van der Waals surface area contributed by atoms with Crippen LogP contribution < -0.4 is 5.73 Å². The summed E-state index contributed by atoms with van der Waals surface area (Å²) >= 11 is 0. The standard InChI is InChI=1S/C15H11NO2/c16-15(18)10-3-11-1-4-12(5-2-11)13-6-8-14(17)9-7-13/h1-2,4-9,17H,(H2,16,18). The predicted molar refractivity (Wildman–Crippen MR) is 69.6 cm³/mol. The van der Waals surface area contributed by atoms with Gasteiger partial charge in [-0.1, -0.05) is 30.2 Å². The Kier molecular flexibility index (Phi) is 3.31. The molecular formula is C15H11NO2. The van der Waals surface area contributed by atoms with Gasteiger partial charge in [0, 0.05) is 5.56 Å². The van der Waals surface area contributed by atoms with Crippen molar-refractivity contribution in [2.75, 3.05) is 0 Å². The van der Waals surface area contributed by atoms with Gasteiger partial charge in [0.25, 0.3) is 5.91 Å². The van der Waals surface area contributed by atoms with Crippen molar-refractivity contribution in [3.8, 4) is 28.7 Å². The first-order valence-electron chi connectivity index (χ1n) is 5.36. The Labute approximate surface area is 105 Å². The Morgan fingerprint density at radius 1 is 0.944 bits per heavy atom. The van der Waals surface area contributed by atoms with Gasteiger partial charge in [-0.25, -0.2) is 0 Å². The highest BCUT2D eigenvalue weighted by Gasteiger charge is 1.97. The number of amides is 1. The lowest BCUT2D eigenvalue weighted by Gasteiger charge is -2.01. The molecule has 0 saturated heterocycles. The van der Waals surface area contributed by atoms with Gasteiger partial charge in [0.1, 0.15) is 5.75 Å². The molecule has 2 aromatic rings. The fraction of sp³-hybridized carbons (Fsp3) is 0. The van der Waals surface area contributed by atoms with Crippen molar-refractivity contribution < 1.29 is 9.90 Å². The van der Waals surface area contributed by atoms with Crippen LogP contribution in [0.3, 0.4) is 0 Å². The van der Waals surface area contributed by atoms with Gasteiger partial charge in [0.15, 0.2) is 0 Å². The average Bonchev–Trinajstić information content (AvgIpc) is 2.38. The van der Waals surface area contributed by atoms with E-state index in [9.17, 15) is 9.90 Å². The quantitative estimate of drug-likeness (QED) is 0.744. The van der Waals surface area contributed by atoms with E-state index in [2.05, 4.69) is 11.8 Å². The largest absolute Gasteiger partial charge is 0.508 e. The minimum absolute atomic E-state index is 0.239. The van der Waals surface area contributed by atoms with Gasteiger partial charge in [-0.2, -0.15) is 0 Å². The third kappa shape index (κ3) is 2.89. The molecule has 0 atom stereocenters. The topological polar surface area (TPSA) is 63.3 Å². The number of carbonyl (C=O) groups is 1. The number of benzene rings is 2. The second kappa shape index (κ2) is 5.07. The number of phenols is 1. The van der Waals surface area contributed by atoms with Crippen molar-refractivity contribution in [2.45, 2.75) is 0 Å². The smallest absolute Gasteiger partial charge is 0.293 e. The monoisotopic (exact) mass is 237 g/mol. The zero-order valence-corrected chi connectivity index (χ0v) is 9.55. The molecule has 0 aliphatic heterocycles. The molecule has 18 heavy (non-hydrogen) atoms. The summed E-state index contributed by atoms with van der Waals surface area (Å²) in [7, 11) is 0. The van der Waals surface area contributed by atoms with Gasteiger partial charge in [-0.15, -0.1) is 0 Å². The minimum Gasteiger partial charge on any atom is -0.508 e. The lowest BCUT2D eigenvalue weighted by molar-refractivity contribution is -0.112. The number of phenolic OH excluding ortho intramolecular Hbond substituents is 1. The number of rotatable bonds is 1. The van der Waals surface area contributed by atoms with Crippen LogP contribution in [0.25, 0.3) is 11.1 Å². The molecule has 0 bridgehead atoms. The summed E-state index contributed by atoms with van der Waals surface area (Å²) in [5.74, 6) is 4.55. The summed E-state index contributed by atoms with van der Waals surface area (Å²) in [6, 6.07) is 14.4. The molecule has 88 valence electrons. The number of nitrogens with two attached hydrogens (primary N) is 1. The van der Waals surface area contributed by atoms with Crippen molar-refractivity contribution >= 4 is 5.91 Å². The van der Waals surface area contributed by atoms with Crippen molar-refractivity contribution in [1.82, 2.24) is 0 Å². The molecule has 0 unspecified atom stereocenters. The SMILES string of the molecule is NC(=O)C#Cc1ccc(-c2ccc(O)cc2)cc1. The van der Waals surface area contributed by atoms with Crippen molar-refractivity contribution in [3.63, 3.8) is 0 Å². The number of carbonyl (C=O) groups excluding carboxylic acids is 1. The molecule has 0 aliphatic rings. The normalized spacial score (nSPS) is 9.33. The molecule has 3 heteroatoms. The van der Waals surface area contributed by atoms with E-state index in [-0.39, 0.29) is 5.75 Å². The zero-order chi connectivity index (χ0) is 13.0. The van der Waals surface area contributed by atoms with E-state index < -0.39 is 5.91 Å². The molecule has 0 heterocycles. The summed E-state index contributed by atoms with van der Waals surface area (Å²) in [5.41, 5.74) is 7.69. The van der Waals surface area contributed by atoms with E-state index in [1.165, 1.54) is 0 Å². The minimum atomic E-state index is -0.641. The Balaban J connectivity index is 2.25. The summed E-state index contributed by atoms with van der Waals surface area (Å²) in [5, 5.41) is 9.21. The van der Waals surface area contributed by atoms with E-state index in [1.807, 2.05) is 36.4 Å². The molecule has 0 saturated carbocycles. The molecule has 0 radical (unpaired) electrons. The Morgan fingerprint density at radius 3 is 1.94 bits per heavy atom. The van der Waals surface area contributed by atoms with E-state index in [0.717, 1.165) is 16.7 Å². The summed E-state index contributed by atoms with van der Waals surface area (Å²) < 4.78 is 0. The van der Waals surface area contributed by atoms with Crippen molar-refractivity contribution in [1.29, 1.82) is 0 Å². The van der Waals surface area contributed by atoms with Gasteiger partial charge < -0.3 is 10.8 Å². The Morgan fingerprint density at radius 2 is 1.44 bits per heavy atom. The number of aromatic hydroxyl groups is 1. The number of primary amides is 1. The average molecular weight is 237 g/mol. The van der Waals surface area contributed by atoms with E-state index in [0.29, 0.717) is 0 Å². The van der Waals surface area contributed by atoms with Crippen LogP contribution in [0.2, 0.25) is 0 Å². The lowest BCUT2D eigenvalue weighted by atomic mass is 10.0. The molecule has 0 fully saturated rings. The molecule has 3 N–H and O–H groups in total. The number of hydrogen-bond acceptors (Lipinski definition) is 2. The third-order valence-corrected chi connectivity index (χ3v) is 2.42. The van der Waals surface area contributed by atoms with Crippen LogP contribution in [0.15, 0.2) is 48.5 Å². The highest BCUT2D eigenvalue weighted by atomic mass is 16.3. The van der Waals surface area contributed by atoms with Gasteiger partial charge in [0.2, 0.25) is 0 Å². The predicted octanol–water partition coefficient (Wildman–Crippen LogP) is 1.90. The fourth-order valence-corrected chi connectivity index (χ4v) is 1.53. The van der Waals surface area contributed by atoms with E-state index in [1.54, 1.807) is 12.1 Å². The summed E-state index contributed by atoms with van der Waals surface area (Å²) in [4.78, 5) is 10.5. The van der Waals surface area contributed by atoms with E-state index in [4.69, 9.17) is 5.73 Å². The molecule has 2 aromatic carbocycles. The first-order chi connectivity index (χ1) is 8.65. The molecule has 1 amide bonds. The molecule has 0 aromatic heterocycles. The molecule has 0 spiro atoms. The van der Waals surface area contributed by atoms with Crippen LogP contribution in [0.1, 0.15) is 5.56 Å². The molecule has 2 rings (SSSR count). The summed E-state index contributed by atoms with van der Waals surface area (Å²) in [6.45, 7) is 0. The van der Waals surface area contributed by atoms with Crippen molar-refractivity contribution in [2.24, 2.45) is 5.73 Å². The Hall–Kier alpha value is -2.73. The zero-order valence-electron chi connectivity index (χ0n) is 9.55. The van der Waals surface area contributed by atoms with Gasteiger partial charge >= 0.3 is 0 Å². The second-order valence-corrected chi connectivity index (χ2v) is 3.74. The van der Waals surface area contributed by atoms with Crippen LogP contribution in [-0.2, 0) is 4.79 Å². The second-order valence-electron chi connectivity index (χ2n) is 3.74. The van der Waals surface area contributed by atoms with Crippen LogP contribution in [0.5, 0.6) is 5.75 Å². The van der Waals surface area contributed by atoms with Gasteiger partial charge in [-0.05, 0) is 41.3 Å². The molecule has 3 nitrogen and oxygen atoms in total. The molecular weight excluding hydrogens is 226 g/mol. The van der Waals surface area contributed by atoms with Gasteiger partial charge in [-0.3, -0.25) is 4.79 Å².